The van der Waals surface area contributed by atoms with E-state index in [2.05, 4.69) is 26.1 Å². The molecule has 34 heavy (non-hydrogen) atoms. The summed E-state index contributed by atoms with van der Waals surface area (Å²) in [4.78, 5) is 23.5. The molecule has 3 aromatic rings. The summed E-state index contributed by atoms with van der Waals surface area (Å²) in [5.74, 6) is -0.138. The van der Waals surface area contributed by atoms with Crippen LogP contribution in [0.4, 0.5) is 11.4 Å². The van der Waals surface area contributed by atoms with Crippen molar-refractivity contribution in [2.45, 2.75) is 26.2 Å². The number of halogens is 1. The molecule has 0 aliphatic rings. The van der Waals surface area contributed by atoms with Gasteiger partial charge in [0.15, 0.2) is 0 Å². The number of carbonyl (C=O) groups is 1. The molecule has 3 rings (SSSR count). The van der Waals surface area contributed by atoms with Crippen molar-refractivity contribution < 1.29 is 14.5 Å². The molecular formula is C26H22ClN3O4. The number of nitrogens with one attached hydrogen (secondary N) is 1. The first-order valence-corrected chi connectivity index (χ1v) is 10.7. The van der Waals surface area contributed by atoms with Gasteiger partial charge < -0.3 is 10.1 Å². The summed E-state index contributed by atoms with van der Waals surface area (Å²) in [6.07, 6.45) is 1.28. The van der Waals surface area contributed by atoms with Crippen molar-refractivity contribution in [3.05, 3.63) is 98.6 Å². The second-order valence-electron chi connectivity index (χ2n) is 8.49. The smallest absolute Gasteiger partial charge is 0.312 e. The van der Waals surface area contributed by atoms with Crippen LogP contribution in [-0.2, 0) is 10.2 Å². The lowest BCUT2D eigenvalue weighted by molar-refractivity contribution is -0.385. The highest BCUT2D eigenvalue weighted by atomic mass is 35.5. The van der Waals surface area contributed by atoms with E-state index in [0.29, 0.717) is 22.0 Å². The quantitative estimate of drug-likeness (QED) is 0.181. The molecule has 0 fully saturated rings. The molecule has 8 heteroatoms. The molecule has 0 aliphatic heterocycles. The van der Waals surface area contributed by atoms with Crippen molar-refractivity contribution in [3.63, 3.8) is 0 Å². The van der Waals surface area contributed by atoms with Crippen LogP contribution in [0, 0.1) is 21.4 Å². The number of rotatable bonds is 6. The van der Waals surface area contributed by atoms with Gasteiger partial charge >= 0.3 is 5.69 Å². The molecule has 0 aromatic heterocycles. The fourth-order valence-corrected chi connectivity index (χ4v) is 3.18. The molecule has 0 saturated carbocycles. The predicted octanol–water partition coefficient (Wildman–Crippen LogP) is 6.88. The zero-order valence-corrected chi connectivity index (χ0v) is 19.6. The molecular weight excluding hydrogens is 454 g/mol. The fourth-order valence-electron chi connectivity index (χ4n) is 3.05. The Balaban J connectivity index is 1.84. The van der Waals surface area contributed by atoms with E-state index in [1.165, 1.54) is 18.2 Å². The fraction of sp³-hybridized carbons (Fsp3) is 0.154. The second-order valence-corrected chi connectivity index (χ2v) is 8.93. The summed E-state index contributed by atoms with van der Waals surface area (Å²) in [5, 5.41) is 24.2. The first-order valence-electron chi connectivity index (χ1n) is 10.3. The van der Waals surface area contributed by atoms with E-state index in [-0.39, 0.29) is 22.4 Å². The molecule has 0 atom stereocenters. The van der Waals surface area contributed by atoms with Gasteiger partial charge in [-0.05, 0) is 65.1 Å². The Morgan fingerprint density at radius 3 is 2.29 bits per heavy atom. The van der Waals surface area contributed by atoms with E-state index in [0.717, 1.165) is 5.56 Å². The largest absolute Gasteiger partial charge is 0.450 e. The normalized spacial score (nSPS) is 11.4. The van der Waals surface area contributed by atoms with Gasteiger partial charge in [-0.25, -0.2) is 0 Å². The second kappa shape index (κ2) is 10.2. The van der Waals surface area contributed by atoms with Crippen LogP contribution in [0.5, 0.6) is 11.5 Å². The number of nitrogens with zero attached hydrogens (tertiary/aromatic N) is 2. The SMILES string of the molecule is CC(C)(C)c1ccc(Oc2ccc(/C=C(\C#N)C(=O)Nc3ccc(Cl)cc3)cc2[N+](=O)[O-])cc1. The van der Waals surface area contributed by atoms with E-state index in [1.807, 2.05) is 18.2 Å². The van der Waals surface area contributed by atoms with Gasteiger partial charge in [-0.1, -0.05) is 50.6 Å². The van der Waals surface area contributed by atoms with Crippen LogP contribution in [0.15, 0.2) is 72.3 Å². The molecule has 172 valence electrons. The highest BCUT2D eigenvalue weighted by Crippen LogP contribution is 2.34. The molecule has 0 unspecified atom stereocenters. The molecule has 0 radical (unpaired) electrons. The van der Waals surface area contributed by atoms with Crippen LogP contribution in [0.2, 0.25) is 5.02 Å². The summed E-state index contributed by atoms with van der Waals surface area (Å²) < 4.78 is 5.74. The Hall–Kier alpha value is -4.15. The highest BCUT2D eigenvalue weighted by Gasteiger charge is 2.19. The Morgan fingerprint density at radius 1 is 1.09 bits per heavy atom. The van der Waals surface area contributed by atoms with Gasteiger partial charge in [-0.2, -0.15) is 5.26 Å². The highest BCUT2D eigenvalue weighted by molar-refractivity contribution is 6.30. The van der Waals surface area contributed by atoms with Crippen LogP contribution < -0.4 is 10.1 Å². The summed E-state index contributed by atoms with van der Waals surface area (Å²) >= 11 is 5.83. The van der Waals surface area contributed by atoms with Crippen LogP contribution in [-0.4, -0.2) is 10.8 Å². The van der Waals surface area contributed by atoms with Crippen LogP contribution in [0.1, 0.15) is 31.9 Å². The van der Waals surface area contributed by atoms with Crippen LogP contribution >= 0.6 is 11.6 Å². The summed E-state index contributed by atoms with van der Waals surface area (Å²) in [5.41, 5.74) is 1.35. The zero-order valence-electron chi connectivity index (χ0n) is 18.8. The molecule has 0 spiro atoms. The molecule has 0 aliphatic carbocycles. The van der Waals surface area contributed by atoms with Crippen LogP contribution in [0.25, 0.3) is 6.08 Å². The predicted molar refractivity (Wildman–Crippen MR) is 132 cm³/mol. The van der Waals surface area contributed by atoms with E-state index in [1.54, 1.807) is 42.5 Å². The van der Waals surface area contributed by atoms with E-state index >= 15 is 0 Å². The van der Waals surface area contributed by atoms with Gasteiger partial charge in [0.05, 0.1) is 4.92 Å². The number of hydrogen-bond donors (Lipinski definition) is 1. The van der Waals surface area contributed by atoms with Gasteiger partial charge in [0, 0.05) is 16.8 Å². The minimum absolute atomic E-state index is 0.0309. The third kappa shape index (κ3) is 6.21. The van der Waals surface area contributed by atoms with Gasteiger partial charge in [-0.3, -0.25) is 14.9 Å². The maximum atomic E-state index is 12.5. The first kappa shape index (κ1) is 24.5. The number of nitriles is 1. The lowest BCUT2D eigenvalue weighted by Gasteiger charge is -2.19. The minimum Gasteiger partial charge on any atom is -0.450 e. The number of benzene rings is 3. The lowest BCUT2D eigenvalue weighted by atomic mass is 9.87. The third-order valence-electron chi connectivity index (χ3n) is 4.91. The number of hydrogen-bond acceptors (Lipinski definition) is 5. The number of amides is 1. The number of carbonyl (C=O) groups excluding carboxylic acids is 1. The summed E-state index contributed by atoms with van der Waals surface area (Å²) in [7, 11) is 0. The van der Waals surface area contributed by atoms with Crippen molar-refractivity contribution in [2.75, 3.05) is 5.32 Å². The van der Waals surface area contributed by atoms with E-state index in [4.69, 9.17) is 16.3 Å². The van der Waals surface area contributed by atoms with Crippen molar-refractivity contribution >= 4 is 35.0 Å². The third-order valence-corrected chi connectivity index (χ3v) is 5.16. The van der Waals surface area contributed by atoms with Gasteiger partial charge in [0.25, 0.3) is 5.91 Å². The molecule has 1 amide bonds. The maximum absolute atomic E-state index is 12.5. The number of anilines is 1. The standard InChI is InChI=1S/C26H22ClN3O4/c1-26(2,3)19-5-11-22(12-6-19)34-24-13-4-17(15-23(24)30(32)33)14-18(16-28)25(31)29-21-9-7-20(27)8-10-21/h4-15H,1-3H3,(H,29,31)/b18-14+. The van der Waals surface area contributed by atoms with Crippen molar-refractivity contribution in [3.8, 4) is 17.6 Å². The number of nitro benzene ring substituents is 1. The molecule has 0 heterocycles. The van der Waals surface area contributed by atoms with Gasteiger partial charge in [0.2, 0.25) is 5.75 Å². The Bertz CT molecular complexity index is 1290. The van der Waals surface area contributed by atoms with Crippen molar-refractivity contribution in [2.24, 2.45) is 0 Å². The molecule has 0 bridgehead atoms. The van der Waals surface area contributed by atoms with E-state index in [9.17, 15) is 20.2 Å². The molecule has 1 N–H and O–H groups in total. The number of nitro groups is 1. The molecule has 7 nitrogen and oxygen atoms in total. The average molecular weight is 476 g/mol. The first-order chi connectivity index (χ1) is 16.1. The van der Waals surface area contributed by atoms with Crippen molar-refractivity contribution in [1.82, 2.24) is 0 Å². The molecule has 0 saturated heterocycles. The van der Waals surface area contributed by atoms with Crippen LogP contribution in [0.3, 0.4) is 0 Å². The Kier molecular flexibility index (Phi) is 7.34. The molecule has 3 aromatic carbocycles. The topological polar surface area (TPSA) is 105 Å². The monoisotopic (exact) mass is 475 g/mol. The summed E-state index contributed by atoms with van der Waals surface area (Å²) in [6, 6.07) is 19.8. The lowest BCUT2D eigenvalue weighted by Crippen LogP contribution is -2.13. The maximum Gasteiger partial charge on any atom is 0.312 e. The Morgan fingerprint density at radius 2 is 1.74 bits per heavy atom. The zero-order chi connectivity index (χ0) is 24.9. The average Bonchev–Trinajstić information content (AvgIpc) is 2.79. The van der Waals surface area contributed by atoms with Gasteiger partial charge in [-0.15, -0.1) is 0 Å². The van der Waals surface area contributed by atoms with Crippen molar-refractivity contribution in [1.29, 1.82) is 5.26 Å². The van der Waals surface area contributed by atoms with Gasteiger partial charge in [0.1, 0.15) is 17.4 Å². The van der Waals surface area contributed by atoms with E-state index < -0.39 is 10.8 Å². The Labute approximate surface area is 202 Å². The minimum atomic E-state index is -0.647. The summed E-state index contributed by atoms with van der Waals surface area (Å²) in [6.45, 7) is 6.27. The number of ether oxygens (including phenoxy) is 1.